The molecule has 0 saturated carbocycles. The number of thioether (sulfide) groups is 1. The van der Waals surface area contributed by atoms with Gasteiger partial charge in [-0.2, -0.15) is 0 Å². The smallest absolute Gasteiger partial charge is 0.275 e. The number of para-hydroxylation sites is 1. The first-order valence-electron chi connectivity index (χ1n) is 10.8. The predicted molar refractivity (Wildman–Crippen MR) is 128 cm³/mol. The maximum Gasteiger partial charge on any atom is 0.275 e. The van der Waals surface area contributed by atoms with E-state index in [-0.39, 0.29) is 24.0 Å². The molecule has 166 valence electrons. The highest BCUT2D eigenvalue weighted by molar-refractivity contribution is 8.02. The highest BCUT2D eigenvalue weighted by Crippen LogP contribution is 2.55. The van der Waals surface area contributed by atoms with E-state index in [1.165, 1.54) is 21.6 Å². The molecule has 3 aromatic carbocycles. The SMILES string of the molecule is CCC(=O)N1C(=O)[C@]2(SCC(=O)N2c2ccc(OCc3ccccc3)cc2)c2ccccc21. The van der Waals surface area contributed by atoms with E-state index in [4.69, 9.17) is 4.74 Å². The van der Waals surface area contributed by atoms with Crippen molar-refractivity contribution >= 4 is 40.9 Å². The molecule has 0 aliphatic carbocycles. The van der Waals surface area contributed by atoms with Gasteiger partial charge in [-0.25, -0.2) is 4.90 Å². The van der Waals surface area contributed by atoms with Crippen LogP contribution in [0, 0.1) is 0 Å². The number of nitrogens with zero attached hydrogens (tertiary/aromatic N) is 2. The molecule has 1 spiro atoms. The molecule has 7 heteroatoms. The number of hydrogen-bond acceptors (Lipinski definition) is 5. The highest BCUT2D eigenvalue weighted by Gasteiger charge is 2.62. The first-order chi connectivity index (χ1) is 16.1. The molecular weight excluding hydrogens is 436 g/mol. The van der Waals surface area contributed by atoms with Crippen molar-refractivity contribution in [3.05, 3.63) is 90.0 Å². The van der Waals surface area contributed by atoms with Crippen molar-refractivity contribution in [3.63, 3.8) is 0 Å². The molecule has 0 radical (unpaired) electrons. The monoisotopic (exact) mass is 458 g/mol. The zero-order chi connectivity index (χ0) is 23.0. The molecule has 0 bridgehead atoms. The Morgan fingerprint density at radius 2 is 1.67 bits per heavy atom. The van der Waals surface area contributed by atoms with Gasteiger partial charge in [0.15, 0.2) is 0 Å². The molecule has 0 N–H and O–H groups in total. The molecule has 2 aliphatic heterocycles. The van der Waals surface area contributed by atoms with Gasteiger partial charge >= 0.3 is 0 Å². The fraction of sp³-hybridized carbons (Fsp3) is 0.192. The number of carbonyl (C=O) groups excluding carboxylic acids is 3. The topological polar surface area (TPSA) is 66.9 Å². The fourth-order valence-electron chi connectivity index (χ4n) is 4.32. The molecule has 3 aromatic rings. The lowest BCUT2D eigenvalue weighted by Gasteiger charge is -2.33. The van der Waals surface area contributed by atoms with Gasteiger partial charge in [0, 0.05) is 17.7 Å². The first-order valence-corrected chi connectivity index (χ1v) is 11.8. The highest BCUT2D eigenvalue weighted by atomic mass is 32.2. The summed E-state index contributed by atoms with van der Waals surface area (Å²) in [6.45, 7) is 2.16. The lowest BCUT2D eigenvalue weighted by molar-refractivity contribution is -0.128. The second kappa shape index (κ2) is 8.41. The largest absolute Gasteiger partial charge is 0.489 e. The summed E-state index contributed by atoms with van der Waals surface area (Å²) in [4.78, 5) is 40.9. The van der Waals surface area contributed by atoms with Gasteiger partial charge in [-0.1, -0.05) is 55.5 Å². The lowest BCUT2D eigenvalue weighted by atomic mass is 10.0. The van der Waals surface area contributed by atoms with Crippen LogP contribution in [0.25, 0.3) is 0 Å². The standard InChI is InChI=1S/C26H22N2O4S/c1-2-23(29)27-22-11-7-6-10-21(22)26(25(27)31)28(24(30)17-33-26)19-12-14-20(15-13-19)32-16-18-8-4-3-5-9-18/h3-15H,2,16-17H2,1H3/t26-/m1/s1. The summed E-state index contributed by atoms with van der Waals surface area (Å²) in [5.74, 6) is -0.0333. The molecule has 6 nitrogen and oxygen atoms in total. The summed E-state index contributed by atoms with van der Waals surface area (Å²) in [6.07, 6.45) is 0.197. The third kappa shape index (κ3) is 3.40. The van der Waals surface area contributed by atoms with Gasteiger partial charge in [0.25, 0.3) is 5.91 Å². The van der Waals surface area contributed by atoms with Crippen LogP contribution >= 0.6 is 11.8 Å². The van der Waals surface area contributed by atoms with Crippen LogP contribution in [0.15, 0.2) is 78.9 Å². The van der Waals surface area contributed by atoms with Gasteiger partial charge in [-0.3, -0.25) is 19.3 Å². The van der Waals surface area contributed by atoms with Crippen molar-refractivity contribution in [1.82, 2.24) is 0 Å². The molecule has 2 aliphatic rings. The average molecular weight is 459 g/mol. The average Bonchev–Trinajstić information content (AvgIpc) is 3.33. The van der Waals surface area contributed by atoms with Crippen molar-refractivity contribution in [1.29, 1.82) is 0 Å². The number of amides is 3. The van der Waals surface area contributed by atoms with E-state index in [1.54, 1.807) is 43.3 Å². The normalized spacial score (nSPS) is 19.3. The summed E-state index contributed by atoms with van der Waals surface area (Å²) in [7, 11) is 0. The van der Waals surface area contributed by atoms with Crippen molar-refractivity contribution in [2.45, 2.75) is 24.8 Å². The van der Waals surface area contributed by atoms with Gasteiger partial charge in [0.05, 0.1) is 11.4 Å². The molecule has 1 fully saturated rings. The Kier molecular flexibility index (Phi) is 5.42. The Labute approximate surface area is 196 Å². The third-order valence-electron chi connectivity index (χ3n) is 5.87. The Balaban J connectivity index is 1.48. The molecule has 0 unspecified atom stereocenters. The van der Waals surface area contributed by atoms with Gasteiger partial charge < -0.3 is 4.74 Å². The van der Waals surface area contributed by atoms with E-state index in [2.05, 4.69) is 0 Å². The summed E-state index contributed by atoms with van der Waals surface area (Å²) in [5, 5.41) is 0. The van der Waals surface area contributed by atoms with Gasteiger partial charge in [-0.05, 0) is 35.9 Å². The van der Waals surface area contributed by atoms with Gasteiger partial charge in [0.1, 0.15) is 12.4 Å². The third-order valence-corrected chi connectivity index (χ3v) is 7.25. The summed E-state index contributed by atoms with van der Waals surface area (Å²) in [5.41, 5.74) is 2.85. The number of anilines is 2. The maximum atomic E-state index is 13.7. The van der Waals surface area contributed by atoms with E-state index in [1.807, 2.05) is 42.5 Å². The number of hydrogen-bond donors (Lipinski definition) is 0. The zero-order valence-corrected chi connectivity index (χ0v) is 18.9. The van der Waals surface area contributed by atoms with Gasteiger partial charge in [0.2, 0.25) is 16.7 Å². The first kappa shape index (κ1) is 21.3. The van der Waals surface area contributed by atoms with Crippen LogP contribution in [0.3, 0.4) is 0 Å². The summed E-state index contributed by atoms with van der Waals surface area (Å²) in [6, 6.07) is 24.2. The van der Waals surface area contributed by atoms with Crippen LogP contribution < -0.4 is 14.5 Å². The van der Waals surface area contributed by atoms with E-state index < -0.39 is 10.8 Å². The zero-order valence-electron chi connectivity index (χ0n) is 18.1. The van der Waals surface area contributed by atoms with E-state index >= 15 is 0 Å². The van der Waals surface area contributed by atoms with Crippen LogP contribution in [0.2, 0.25) is 0 Å². The fourth-order valence-corrected chi connectivity index (χ4v) is 5.66. The van der Waals surface area contributed by atoms with Crippen LogP contribution in [0.1, 0.15) is 24.5 Å². The molecule has 3 amide bonds. The molecule has 1 saturated heterocycles. The second-order valence-electron chi connectivity index (χ2n) is 7.84. The minimum atomic E-state index is -1.29. The van der Waals surface area contributed by atoms with Crippen LogP contribution in [0.5, 0.6) is 5.75 Å². The number of rotatable bonds is 5. The Morgan fingerprint density at radius 3 is 2.39 bits per heavy atom. The number of fused-ring (bicyclic) bond motifs is 2. The van der Waals surface area contributed by atoms with Crippen molar-refractivity contribution < 1.29 is 19.1 Å². The van der Waals surface area contributed by atoms with E-state index in [9.17, 15) is 14.4 Å². The Hall–Kier alpha value is -3.58. The number of ether oxygens (including phenoxy) is 1. The van der Waals surface area contributed by atoms with Crippen molar-refractivity contribution in [2.75, 3.05) is 15.6 Å². The predicted octanol–water partition coefficient (Wildman–Crippen LogP) is 4.48. The Morgan fingerprint density at radius 1 is 0.970 bits per heavy atom. The quantitative estimate of drug-likeness (QED) is 0.564. The number of carbonyl (C=O) groups is 3. The molecule has 5 rings (SSSR count). The number of imide groups is 1. The Bertz CT molecular complexity index is 1230. The lowest BCUT2D eigenvalue weighted by Crippen LogP contribution is -2.50. The van der Waals surface area contributed by atoms with Crippen LogP contribution in [-0.4, -0.2) is 23.5 Å². The van der Waals surface area contributed by atoms with E-state index in [0.29, 0.717) is 29.3 Å². The molecule has 33 heavy (non-hydrogen) atoms. The summed E-state index contributed by atoms with van der Waals surface area (Å²) < 4.78 is 5.87. The second-order valence-corrected chi connectivity index (χ2v) is 9.00. The van der Waals surface area contributed by atoms with Crippen LogP contribution in [-0.2, 0) is 25.9 Å². The number of benzene rings is 3. The minimum absolute atomic E-state index is 0.153. The van der Waals surface area contributed by atoms with E-state index in [0.717, 1.165) is 5.56 Å². The summed E-state index contributed by atoms with van der Waals surface area (Å²) >= 11 is 1.26. The molecule has 1 atom stereocenters. The molecule has 2 heterocycles. The molecule has 0 aromatic heterocycles. The van der Waals surface area contributed by atoms with Crippen LogP contribution in [0.4, 0.5) is 11.4 Å². The maximum absolute atomic E-state index is 13.7. The van der Waals surface area contributed by atoms with Gasteiger partial charge in [-0.15, -0.1) is 11.8 Å². The van der Waals surface area contributed by atoms with Crippen molar-refractivity contribution in [2.24, 2.45) is 0 Å². The minimum Gasteiger partial charge on any atom is -0.489 e. The van der Waals surface area contributed by atoms with Crippen molar-refractivity contribution in [3.8, 4) is 5.75 Å². The molecular formula is C26H22N2O4S.